The Balaban J connectivity index is 2.59. The van der Waals surface area contributed by atoms with E-state index in [-0.39, 0.29) is 11.1 Å². The first-order chi connectivity index (χ1) is 10.1. The summed E-state index contributed by atoms with van der Waals surface area (Å²) in [6, 6.07) is 5.48. The summed E-state index contributed by atoms with van der Waals surface area (Å²) in [6.45, 7) is 2.21. The molecule has 0 atom stereocenters. The van der Waals surface area contributed by atoms with Crippen LogP contribution in [-0.4, -0.2) is 6.54 Å². The van der Waals surface area contributed by atoms with Crippen molar-refractivity contribution in [3.63, 3.8) is 0 Å². The van der Waals surface area contributed by atoms with Crippen molar-refractivity contribution in [1.29, 1.82) is 0 Å². The van der Waals surface area contributed by atoms with Gasteiger partial charge in [-0.25, -0.2) is 17.6 Å². The SMILES string of the molecule is CCCNC(c1c(F)cccc1F)c1c(F)cccc1F. The molecular weight excluding hydrogens is 282 g/mol. The Morgan fingerprint density at radius 3 is 1.52 bits per heavy atom. The fraction of sp³-hybridized carbons (Fsp3) is 0.250. The molecule has 0 aliphatic carbocycles. The van der Waals surface area contributed by atoms with Gasteiger partial charge in [-0.15, -0.1) is 0 Å². The molecule has 5 heteroatoms. The van der Waals surface area contributed by atoms with Crippen LogP contribution in [0.25, 0.3) is 0 Å². The molecule has 112 valence electrons. The van der Waals surface area contributed by atoms with E-state index in [1.165, 1.54) is 12.1 Å². The molecule has 0 aromatic heterocycles. The third-order valence-corrected chi connectivity index (χ3v) is 3.18. The minimum absolute atomic E-state index is 0.367. The summed E-state index contributed by atoms with van der Waals surface area (Å²) in [4.78, 5) is 0. The minimum atomic E-state index is -1.22. The lowest BCUT2D eigenvalue weighted by atomic mass is 9.96. The number of hydrogen-bond donors (Lipinski definition) is 1. The van der Waals surface area contributed by atoms with E-state index in [9.17, 15) is 17.6 Å². The van der Waals surface area contributed by atoms with Gasteiger partial charge in [-0.2, -0.15) is 0 Å². The number of halogens is 4. The highest BCUT2D eigenvalue weighted by Crippen LogP contribution is 2.30. The van der Waals surface area contributed by atoms with Gasteiger partial charge in [-0.05, 0) is 37.2 Å². The maximum atomic E-state index is 14.0. The van der Waals surface area contributed by atoms with Crippen molar-refractivity contribution in [2.75, 3.05) is 6.54 Å². The molecular formula is C16H15F4N. The van der Waals surface area contributed by atoms with Crippen molar-refractivity contribution in [3.8, 4) is 0 Å². The zero-order chi connectivity index (χ0) is 15.4. The van der Waals surface area contributed by atoms with Crippen molar-refractivity contribution >= 4 is 0 Å². The smallest absolute Gasteiger partial charge is 0.131 e. The van der Waals surface area contributed by atoms with Crippen molar-refractivity contribution in [2.45, 2.75) is 19.4 Å². The second kappa shape index (κ2) is 6.72. The monoisotopic (exact) mass is 297 g/mol. The first-order valence-electron chi connectivity index (χ1n) is 6.67. The molecule has 0 aliphatic heterocycles. The van der Waals surface area contributed by atoms with Crippen LogP contribution >= 0.6 is 0 Å². The van der Waals surface area contributed by atoms with Gasteiger partial charge in [0, 0.05) is 11.1 Å². The molecule has 0 unspecified atom stereocenters. The summed E-state index contributed by atoms with van der Waals surface area (Å²) < 4.78 is 55.8. The Morgan fingerprint density at radius 2 is 1.19 bits per heavy atom. The zero-order valence-corrected chi connectivity index (χ0v) is 11.5. The Kier molecular flexibility index (Phi) is 4.96. The van der Waals surface area contributed by atoms with Gasteiger partial charge >= 0.3 is 0 Å². The van der Waals surface area contributed by atoms with E-state index in [2.05, 4.69) is 5.32 Å². The normalized spacial score (nSPS) is 11.1. The first-order valence-corrected chi connectivity index (χ1v) is 6.67. The average Bonchev–Trinajstić information content (AvgIpc) is 2.43. The Hall–Kier alpha value is -1.88. The van der Waals surface area contributed by atoms with E-state index < -0.39 is 29.3 Å². The van der Waals surface area contributed by atoms with Crippen molar-refractivity contribution in [1.82, 2.24) is 5.32 Å². The number of hydrogen-bond acceptors (Lipinski definition) is 1. The molecule has 0 bridgehead atoms. The average molecular weight is 297 g/mol. The maximum Gasteiger partial charge on any atom is 0.131 e. The van der Waals surface area contributed by atoms with Crippen LogP contribution in [0.5, 0.6) is 0 Å². The summed E-state index contributed by atoms with van der Waals surface area (Å²) in [5, 5.41) is 2.81. The zero-order valence-electron chi connectivity index (χ0n) is 11.5. The molecule has 2 aromatic carbocycles. The van der Waals surface area contributed by atoms with Crippen molar-refractivity contribution in [2.24, 2.45) is 0 Å². The van der Waals surface area contributed by atoms with Gasteiger partial charge in [0.05, 0.1) is 6.04 Å². The summed E-state index contributed by atoms with van der Waals surface area (Å²) in [5.41, 5.74) is -0.759. The van der Waals surface area contributed by atoms with Crippen LogP contribution in [0, 0.1) is 23.3 Å². The van der Waals surface area contributed by atoms with E-state index in [0.29, 0.717) is 13.0 Å². The molecule has 21 heavy (non-hydrogen) atoms. The highest BCUT2D eigenvalue weighted by Gasteiger charge is 2.26. The van der Waals surface area contributed by atoms with E-state index in [1.54, 1.807) is 0 Å². The lowest BCUT2D eigenvalue weighted by Crippen LogP contribution is -2.27. The van der Waals surface area contributed by atoms with Crippen LogP contribution in [-0.2, 0) is 0 Å². The van der Waals surface area contributed by atoms with E-state index in [4.69, 9.17) is 0 Å². The first kappa shape index (κ1) is 15.5. The lowest BCUT2D eigenvalue weighted by Gasteiger charge is -2.21. The van der Waals surface area contributed by atoms with Gasteiger partial charge < -0.3 is 5.32 Å². The molecule has 0 aliphatic rings. The number of benzene rings is 2. The molecule has 2 aromatic rings. The fourth-order valence-electron chi connectivity index (χ4n) is 2.21. The molecule has 0 saturated heterocycles. The highest BCUT2D eigenvalue weighted by atomic mass is 19.1. The standard InChI is InChI=1S/C16H15F4N/c1-2-9-21-16(14-10(17)5-3-6-11(14)18)15-12(19)7-4-8-13(15)20/h3-8,16,21H,2,9H2,1H3. The van der Waals surface area contributed by atoms with Gasteiger partial charge in [0.15, 0.2) is 0 Å². The van der Waals surface area contributed by atoms with Gasteiger partial charge in [-0.3, -0.25) is 0 Å². The predicted octanol–water partition coefficient (Wildman–Crippen LogP) is 4.33. The largest absolute Gasteiger partial charge is 0.306 e. The lowest BCUT2D eigenvalue weighted by molar-refractivity contribution is 0.467. The number of rotatable bonds is 5. The Labute approximate surface area is 120 Å². The van der Waals surface area contributed by atoms with Crippen LogP contribution in [0.15, 0.2) is 36.4 Å². The van der Waals surface area contributed by atoms with Crippen LogP contribution in [0.2, 0.25) is 0 Å². The van der Waals surface area contributed by atoms with Gasteiger partial charge in [-0.1, -0.05) is 19.1 Å². The predicted molar refractivity (Wildman–Crippen MR) is 72.9 cm³/mol. The molecule has 2 rings (SSSR count). The van der Waals surface area contributed by atoms with E-state index >= 15 is 0 Å². The number of nitrogens with one attached hydrogen (secondary N) is 1. The molecule has 0 radical (unpaired) electrons. The Morgan fingerprint density at radius 1 is 0.810 bits per heavy atom. The van der Waals surface area contributed by atoms with Crippen molar-refractivity contribution < 1.29 is 17.6 Å². The van der Waals surface area contributed by atoms with Crippen LogP contribution in [0.4, 0.5) is 17.6 Å². The molecule has 1 nitrogen and oxygen atoms in total. The third kappa shape index (κ3) is 3.24. The van der Waals surface area contributed by atoms with Crippen LogP contribution < -0.4 is 5.32 Å². The Bertz CT molecular complexity index is 536. The molecule has 0 amide bonds. The minimum Gasteiger partial charge on any atom is -0.306 e. The molecule has 0 spiro atoms. The fourth-order valence-corrected chi connectivity index (χ4v) is 2.21. The van der Waals surface area contributed by atoms with Gasteiger partial charge in [0.2, 0.25) is 0 Å². The summed E-state index contributed by atoms with van der Waals surface area (Å²) in [6.07, 6.45) is 0.655. The highest BCUT2D eigenvalue weighted by molar-refractivity contribution is 5.35. The van der Waals surface area contributed by atoms with Gasteiger partial charge in [0.25, 0.3) is 0 Å². The summed E-state index contributed by atoms with van der Waals surface area (Å²) in [7, 11) is 0. The summed E-state index contributed by atoms with van der Waals surface area (Å²) in [5.74, 6) is -3.37. The van der Waals surface area contributed by atoms with Crippen LogP contribution in [0.3, 0.4) is 0 Å². The van der Waals surface area contributed by atoms with E-state index in [0.717, 1.165) is 24.3 Å². The second-order valence-corrected chi connectivity index (χ2v) is 4.66. The molecule has 1 N–H and O–H groups in total. The van der Waals surface area contributed by atoms with Gasteiger partial charge in [0.1, 0.15) is 23.3 Å². The van der Waals surface area contributed by atoms with E-state index in [1.807, 2.05) is 6.92 Å². The molecule has 0 fully saturated rings. The molecule has 0 heterocycles. The van der Waals surface area contributed by atoms with Crippen molar-refractivity contribution in [3.05, 3.63) is 70.8 Å². The quantitative estimate of drug-likeness (QED) is 0.810. The third-order valence-electron chi connectivity index (χ3n) is 3.18. The van der Waals surface area contributed by atoms with Crippen LogP contribution in [0.1, 0.15) is 30.5 Å². The second-order valence-electron chi connectivity index (χ2n) is 4.66. The molecule has 0 saturated carbocycles. The topological polar surface area (TPSA) is 12.0 Å². The summed E-state index contributed by atoms with van der Waals surface area (Å²) >= 11 is 0. The maximum absolute atomic E-state index is 14.0.